The third-order valence-corrected chi connectivity index (χ3v) is 4.12. The highest BCUT2D eigenvalue weighted by atomic mass is 16.7. The Morgan fingerprint density at radius 1 is 1.26 bits per heavy atom. The number of nitrogens with zero attached hydrogens (tertiary/aromatic N) is 2. The van der Waals surface area contributed by atoms with Gasteiger partial charge < -0.3 is 19.4 Å². The van der Waals surface area contributed by atoms with Crippen molar-refractivity contribution >= 4 is 18.4 Å². The molecule has 2 heterocycles. The molecule has 2 rings (SSSR count). The van der Waals surface area contributed by atoms with Crippen LogP contribution in [0.1, 0.15) is 33.3 Å². The molecule has 7 heteroatoms. The number of hydrogen-bond acceptors (Lipinski definition) is 4. The van der Waals surface area contributed by atoms with E-state index >= 15 is 0 Å². The average molecular weight is 266 g/mol. The van der Waals surface area contributed by atoms with Crippen LogP contribution in [0.25, 0.3) is 0 Å². The lowest BCUT2D eigenvalue weighted by Gasteiger charge is -2.32. The molecule has 1 aromatic rings. The predicted molar refractivity (Wildman–Crippen MR) is 72.5 cm³/mol. The molecular weight excluding hydrogens is 247 g/mol. The molecule has 1 saturated heterocycles. The zero-order valence-electron chi connectivity index (χ0n) is 12.2. The monoisotopic (exact) mass is 266 g/mol. The van der Waals surface area contributed by atoms with Gasteiger partial charge in [-0.2, -0.15) is 0 Å². The van der Waals surface area contributed by atoms with E-state index in [4.69, 9.17) is 9.31 Å². The van der Waals surface area contributed by atoms with Crippen LogP contribution in [-0.4, -0.2) is 27.8 Å². The number of aromatic nitrogens is 1. The summed E-state index contributed by atoms with van der Waals surface area (Å²) in [5.74, 6) is 0.0738. The van der Waals surface area contributed by atoms with E-state index in [9.17, 15) is 10.1 Å². The molecule has 104 valence electrons. The fraction of sp³-hybridized carbons (Fsp3) is 0.667. The number of rotatable bonds is 2. The van der Waals surface area contributed by atoms with Crippen LogP contribution in [0.3, 0.4) is 0 Å². The SMILES string of the molecule is Cc1c(B2OC(C)(C)C(C)(C)O2)cn(C)c1[N+](=O)[O-]. The van der Waals surface area contributed by atoms with Crippen molar-refractivity contribution in [2.75, 3.05) is 0 Å². The van der Waals surface area contributed by atoms with Gasteiger partial charge in [0.25, 0.3) is 0 Å². The van der Waals surface area contributed by atoms with Gasteiger partial charge in [0.05, 0.1) is 24.4 Å². The minimum Gasteiger partial charge on any atom is -0.399 e. The van der Waals surface area contributed by atoms with Gasteiger partial charge in [0.1, 0.15) is 0 Å². The van der Waals surface area contributed by atoms with E-state index in [2.05, 4.69) is 0 Å². The molecule has 0 spiro atoms. The van der Waals surface area contributed by atoms with Crippen molar-refractivity contribution < 1.29 is 14.2 Å². The molecule has 0 unspecified atom stereocenters. The van der Waals surface area contributed by atoms with Crippen LogP contribution >= 0.6 is 0 Å². The van der Waals surface area contributed by atoms with Crippen LogP contribution in [0.15, 0.2) is 6.20 Å². The molecule has 0 radical (unpaired) electrons. The van der Waals surface area contributed by atoms with Gasteiger partial charge in [0.2, 0.25) is 0 Å². The molecule has 19 heavy (non-hydrogen) atoms. The van der Waals surface area contributed by atoms with Gasteiger partial charge >= 0.3 is 12.9 Å². The van der Waals surface area contributed by atoms with Gasteiger partial charge in [0, 0.05) is 11.0 Å². The Kier molecular flexibility index (Phi) is 3.02. The average Bonchev–Trinajstić information content (AvgIpc) is 2.62. The Morgan fingerprint density at radius 2 is 1.74 bits per heavy atom. The molecule has 1 aliphatic rings. The summed E-state index contributed by atoms with van der Waals surface area (Å²) in [6.07, 6.45) is 1.70. The first-order valence-electron chi connectivity index (χ1n) is 6.22. The molecule has 0 aliphatic carbocycles. The van der Waals surface area contributed by atoms with Crippen LogP contribution in [0, 0.1) is 17.0 Å². The number of aryl methyl sites for hydroxylation is 1. The number of nitro groups is 1. The molecule has 1 aromatic heterocycles. The molecule has 1 aliphatic heterocycles. The molecule has 0 bridgehead atoms. The molecule has 0 amide bonds. The van der Waals surface area contributed by atoms with Gasteiger partial charge in [-0.3, -0.25) is 0 Å². The zero-order valence-corrected chi connectivity index (χ0v) is 12.2. The van der Waals surface area contributed by atoms with Gasteiger partial charge in [-0.05, 0) is 39.5 Å². The minimum atomic E-state index is -0.565. The summed E-state index contributed by atoms with van der Waals surface area (Å²) in [4.78, 5) is 10.6. The third kappa shape index (κ3) is 2.06. The van der Waals surface area contributed by atoms with Crippen molar-refractivity contribution in [2.24, 2.45) is 7.05 Å². The highest BCUT2D eigenvalue weighted by molar-refractivity contribution is 6.62. The summed E-state index contributed by atoms with van der Waals surface area (Å²) in [6, 6.07) is 0. The van der Waals surface area contributed by atoms with Crippen LogP contribution < -0.4 is 5.46 Å². The largest absolute Gasteiger partial charge is 0.499 e. The summed E-state index contributed by atoms with van der Waals surface area (Å²) < 4.78 is 13.3. The van der Waals surface area contributed by atoms with Crippen molar-refractivity contribution in [3.63, 3.8) is 0 Å². The van der Waals surface area contributed by atoms with Crippen molar-refractivity contribution in [1.29, 1.82) is 0 Å². The van der Waals surface area contributed by atoms with E-state index in [0.29, 0.717) is 11.0 Å². The van der Waals surface area contributed by atoms with Crippen LogP contribution in [-0.2, 0) is 16.4 Å². The first-order valence-corrected chi connectivity index (χ1v) is 6.22. The molecule has 6 nitrogen and oxygen atoms in total. The fourth-order valence-corrected chi connectivity index (χ4v) is 2.23. The zero-order chi connectivity index (χ0) is 14.6. The lowest BCUT2D eigenvalue weighted by atomic mass is 9.78. The third-order valence-electron chi connectivity index (χ3n) is 4.12. The maximum atomic E-state index is 11.0. The minimum absolute atomic E-state index is 0.0738. The van der Waals surface area contributed by atoms with Gasteiger partial charge in [0.15, 0.2) is 0 Å². The second-order valence-corrected chi connectivity index (χ2v) is 5.99. The van der Waals surface area contributed by atoms with Crippen LogP contribution in [0.5, 0.6) is 0 Å². The maximum absolute atomic E-state index is 11.0. The van der Waals surface area contributed by atoms with E-state index in [-0.39, 0.29) is 10.7 Å². The molecule has 0 N–H and O–H groups in total. The lowest BCUT2D eigenvalue weighted by Crippen LogP contribution is -2.41. The van der Waals surface area contributed by atoms with Gasteiger partial charge in [-0.25, -0.2) is 4.57 Å². The standard InChI is InChI=1S/C12H19BN2O4/c1-8-9(7-14(6)10(8)15(16)17)13-18-11(2,3)12(4,5)19-13/h7H,1-6H3. The fourth-order valence-electron chi connectivity index (χ4n) is 2.23. The van der Waals surface area contributed by atoms with Crippen molar-refractivity contribution in [1.82, 2.24) is 4.57 Å². The smallest absolute Gasteiger partial charge is 0.399 e. The van der Waals surface area contributed by atoms with Crippen molar-refractivity contribution in [3.8, 4) is 0 Å². The lowest BCUT2D eigenvalue weighted by molar-refractivity contribution is -0.392. The van der Waals surface area contributed by atoms with E-state index < -0.39 is 18.3 Å². The van der Waals surface area contributed by atoms with E-state index in [0.717, 1.165) is 0 Å². The Bertz CT molecular complexity index is 520. The first kappa shape index (κ1) is 14.1. The predicted octanol–water partition coefficient (Wildman–Crippen LogP) is 1.54. The topological polar surface area (TPSA) is 66.5 Å². The normalized spacial score (nSPS) is 20.8. The highest BCUT2D eigenvalue weighted by Gasteiger charge is 2.53. The van der Waals surface area contributed by atoms with Gasteiger partial charge in [-0.1, -0.05) is 0 Å². The highest BCUT2D eigenvalue weighted by Crippen LogP contribution is 2.37. The maximum Gasteiger partial charge on any atom is 0.499 e. The quantitative estimate of drug-likeness (QED) is 0.462. The van der Waals surface area contributed by atoms with Crippen molar-refractivity contribution in [2.45, 2.75) is 45.8 Å². The Morgan fingerprint density at radius 3 is 2.11 bits per heavy atom. The summed E-state index contributed by atoms with van der Waals surface area (Å²) in [5, 5.41) is 11.0. The molecule has 0 atom stereocenters. The van der Waals surface area contributed by atoms with Crippen LogP contribution in [0.2, 0.25) is 0 Å². The summed E-state index contributed by atoms with van der Waals surface area (Å²) in [6.45, 7) is 9.55. The molecular formula is C12H19BN2O4. The second kappa shape index (κ2) is 4.08. The van der Waals surface area contributed by atoms with E-state index in [1.807, 2.05) is 27.7 Å². The first-order chi connectivity index (χ1) is 8.57. The van der Waals surface area contributed by atoms with Crippen molar-refractivity contribution in [3.05, 3.63) is 21.9 Å². The molecule has 0 saturated carbocycles. The van der Waals surface area contributed by atoms with E-state index in [1.54, 1.807) is 20.2 Å². The summed E-state index contributed by atoms with van der Waals surface area (Å²) in [7, 11) is 1.09. The van der Waals surface area contributed by atoms with E-state index in [1.165, 1.54) is 4.57 Å². The summed E-state index contributed by atoms with van der Waals surface area (Å²) >= 11 is 0. The Balaban J connectivity index is 2.41. The molecule has 1 fully saturated rings. The molecule has 0 aromatic carbocycles. The Labute approximate surface area is 113 Å². The second-order valence-electron chi connectivity index (χ2n) is 5.99. The van der Waals surface area contributed by atoms with Crippen LogP contribution in [0.4, 0.5) is 5.82 Å². The number of hydrogen-bond donors (Lipinski definition) is 0. The Hall–Kier alpha value is -1.34. The van der Waals surface area contributed by atoms with Gasteiger partial charge in [-0.15, -0.1) is 0 Å². The summed E-state index contributed by atoms with van der Waals surface area (Å²) in [5.41, 5.74) is 0.405.